The van der Waals surface area contributed by atoms with Gasteiger partial charge in [-0.05, 0) is 18.2 Å². The van der Waals surface area contributed by atoms with Gasteiger partial charge < -0.3 is 10.2 Å². The molecule has 1 aromatic rings. The lowest BCUT2D eigenvalue weighted by Crippen LogP contribution is -2.29. The van der Waals surface area contributed by atoms with Gasteiger partial charge in [-0.15, -0.1) is 0 Å². The highest BCUT2D eigenvalue weighted by atomic mass is 79.9. The number of Topliss-reactive ketones (excluding diaryl/α,β-unsaturated/α-hetero) is 1. The van der Waals surface area contributed by atoms with Gasteiger partial charge >= 0.3 is 0 Å². The van der Waals surface area contributed by atoms with Crippen LogP contribution in [0.15, 0.2) is 28.7 Å². The molecule has 1 aliphatic rings. The predicted octanol–water partition coefficient (Wildman–Crippen LogP) is 1.43. The molecule has 0 radical (unpaired) electrons. The van der Waals surface area contributed by atoms with E-state index in [1.54, 1.807) is 0 Å². The van der Waals surface area contributed by atoms with Crippen molar-refractivity contribution < 1.29 is 4.79 Å². The van der Waals surface area contributed by atoms with Crippen molar-refractivity contribution in [1.82, 2.24) is 5.32 Å². The molecule has 1 saturated heterocycles. The van der Waals surface area contributed by atoms with Crippen molar-refractivity contribution in [2.75, 3.05) is 31.1 Å². The summed E-state index contributed by atoms with van der Waals surface area (Å²) in [5.41, 5.74) is 1.10. The lowest BCUT2D eigenvalue weighted by atomic mass is 10.2. The normalized spacial score (nSPS) is 17.7. The van der Waals surface area contributed by atoms with Gasteiger partial charge in [0.05, 0.1) is 13.1 Å². The maximum atomic E-state index is 11.4. The SMILES string of the molecule is O=C1CNCCN(c2cccc(Br)c2)C1. The summed E-state index contributed by atoms with van der Waals surface area (Å²) in [5.74, 6) is 0.243. The van der Waals surface area contributed by atoms with Crippen LogP contribution in [-0.2, 0) is 4.79 Å². The number of rotatable bonds is 1. The first-order chi connectivity index (χ1) is 7.25. The number of hydrogen-bond acceptors (Lipinski definition) is 3. The maximum absolute atomic E-state index is 11.4. The minimum absolute atomic E-state index is 0.243. The molecule has 1 N–H and O–H groups in total. The standard InChI is InChI=1S/C11H13BrN2O/c12-9-2-1-3-10(6-9)14-5-4-13-7-11(15)8-14/h1-3,6,13H,4-5,7-8H2. The van der Waals surface area contributed by atoms with E-state index >= 15 is 0 Å². The first-order valence-corrected chi connectivity index (χ1v) is 5.78. The number of nitrogens with zero attached hydrogens (tertiary/aromatic N) is 1. The van der Waals surface area contributed by atoms with Crippen molar-refractivity contribution in [2.24, 2.45) is 0 Å². The van der Waals surface area contributed by atoms with Crippen molar-refractivity contribution in [3.63, 3.8) is 0 Å². The Kier molecular flexibility index (Phi) is 3.38. The zero-order valence-electron chi connectivity index (χ0n) is 8.37. The Morgan fingerprint density at radius 1 is 1.40 bits per heavy atom. The number of hydrogen-bond donors (Lipinski definition) is 1. The zero-order valence-corrected chi connectivity index (χ0v) is 9.96. The Hall–Kier alpha value is -0.870. The first-order valence-electron chi connectivity index (χ1n) is 4.98. The van der Waals surface area contributed by atoms with E-state index < -0.39 is 0 Å². The Morgan fingerprint density at radius 2 is 2.27 bits per heavy atom. The van der Waals surface area contributed by atoms with Gasteiger partial charge in [-0.2, -0.15) is 0 Å². The topological polar surface area (TPSA) is 32.3 Å². The molecule has 0 aliphatic carbocycles. The van der Waals surface area contributed by atoms with Crippen LogP contribution in [0.5, 0.6) is 0 Å². The van der Waals surface area contributed by atoms with Gasteiger partial charge in [0.2, 0.25) is 0 Å². The Balaban J connectivity index is 2.18. The van der Waals surface area contributed by atoms with Crippen LogP contribution in [0.2, 0.25) is 0 Å². The molecule has 4 heteroatoms. The molecule has 0 saturated carbocycles. The Morgan fingerprint density at radius 3 is 3.07 bits per heavy atom. The molecule has 1 aliphatic heterocycles. The molecule has 15 heavy (non-hydrogen) atoms. The molecular formula is C11H13BrN2O. The minimum atomic E-state index is 0.243. The van der Waals surface area contributed by atoms with Crippen molar-refractivity contribution in [3.8, 4) is 0 Å². The van der Waals surface area contributed by atoms with E-state index in [0.717, 1.165) is 23.2 Å². The quantitative estimate of drug-likeness (QED) is 0.837. The van der Waals surface area contributed by atoms with Gasteiger partial charge in [0.1, 0.15) is 0 Å². The van der Waals surface area contributed by atoms with E-state index in [4.69, 9.17) is 0 Å². The number of benzene rings is 1. The van der Waals surface area contributed by atoms with Crippen LogP contribution >= 0.6 is 15.9 Å². The molecular weight excluding hydrogens is 256 g/mol. The molecule has 2 rings (SSSR count). The highest BCUT2D eigenvalue weighted by molar-refractivity contribution is 9.10. The Labute approximate surface area is 97.6 Å². The smallest absolute Gasteiger partial charge is 0.165 e. The van der Waals surface area contributed by atoms with Crippen LogP contribution < -0.4 is 10.2 Å². The number of ketones is 1. The minimum Gasteiger partial charge on any atom is -0.363 e. The summed E-state index contributed by atoms with van der Waals surface area (Å²) in [5, 5.41) is 3.11. The lowest BCUT2D eigenvalue weighted by molar-refractivity contribution is -0.116. The monoisotopic (exact) mass is 268 g/mol. The van der Waals surface area contributed by atoms with Crippen LogP contribution in [0, 0.1) is 0 Å². The van der Waals surface area contributed by atoms with Gasteiger partial charge in [-0.3, -0.25) is 4.79 Å². The number of nitrogens with one attached hydrogen (secondary N) is 1. The van der Waals surface area contributed by atoms with E-state index in [1.807, 2.05) is 24.3 Å². The summed E-state index contributed by atoms with van der Waals surface area (Å²) >= 11 is 3.44. The van der Waals surface area contributed by atoms with Gasteiger partial charge in [0.25, 0.3) is 0 Å². The fraction of sp³-hybridized carbons (Fsp3) is 0.364. The summed E-state index contributed by atoms with van der Waals surface area (Å²) in [6, 6.07) is 8.05. The number of halogens is 1. The van der Waals surface area contributed by atoms with Gasteiger partial charge in [-0.25, -0.2) is 0 Å². The fourth-order valence-corrected chi connectivity index (χ4v) is 2.07. The van der Waals surface area contributed by atoms with Crippen molar-refractivity contribution >= 4 is 27.4 Å². The van der Waals surface area contributed by atoms with Crippen molar-refractivity contribution in [3.05, 3.63) is 28.7 Å². The van der Waals surface area contributed by atoms with Crippen LogP contribution in [0.4, 0.5) is 5.69 Å². The van der Waals surface area contributed by atoms with E-state index in [-0.39, 0.29) is 5.78 Å². The molecule has 1 fully saturated rings. The molecule has 0 atom stereocenters. The predicted molar refractivity (Wildman–Crippen MR) is 64.2 cm³/mol. The van der Waals surface area contributed by atoms with Gasteiger partial charge in [0.15, 0.2) is 5.78 Å². The molecule has 0 spiro atoms. The molecule has 0 aromatic heterocycles. The second-order valence-corrected chi connectivity index (χ2v) is 4.53. The van der Waals surface area contributed by atoms with Gasteiger partial charge in [-0.1, -0.05) is 22.0 Å². The zero-order chi connectivity index (χ0) is 10.7. The molecule has 1 heterocycles. The molecule has 0 bridgehead atoms. The third-order valence-corrected chi connectivity index (χ3v) is 2.91. The summed E-state index contributed by atoms with van der Waals surface area (Å²) in [4.78, 5) is 13.5. The number of anilines is 1. The second-order valence-electron chi connectivity index (χ2n) is 3.62. The number of carbonyl (C=O) groups is 1. The third-order valence-electron chi connectivity index (χ3n) is 2.42. The summed E-state index contributed by atoms with van der Waals surface area (Å²) in [7, 11) is 0. The maximum Gasteiger partial charge on any atom is 0.165 e. The first kappa shape index (κ1) is 10.6. The van der Waals surface area contributed by atoms with Crippen LogP contribution in [0.3, 0.4) is 0 Å². The molecule has 0 amide bonds. The van der Waals surface area contributed by atoms with Crippen LogP contribution in [-0.4, -0.2) is 32.0 Å². The lowest BCUT2D eigenvalue weighted by Gasteiger charge is -2.21. The second kappa shape index (κ2) is 4.77. The van der Waals surface area contributed by atoms with E-state index in [1.165, 1.54) is 0 Å². The average Bonchev–Trinajstić information content (AvgIpc) is 2.43. The van der Waals surface area contributed by atoms with Crippen molar-refractivity contribution in [2.45, 2.75) is 0 Å². The van der Waals surface area contributed by atoms with Crippen molar-refractivity contribution in [1.29, 1.82) is 0 Å². The third kappa shape index (κ3) is 2.79. The van der Waals surface area contributed by atoms with E-state index in [2.05, 4.69) is 26.1 Å². The highest BCUT2D eigenvalue weighted by Gasteiger charge is 2.14. The molecule has 3 nitrogen and oxygen atoms in total. The van der Waals surface area contributed by atoms with E-state index in [0.29, 0.717) is 13.1 Å². The molecule has 80 valence electrons. The van der Waals surface area contributed by atoms with E-state index in [9.17, 15) is 4.79 Å². The van der Waals surface area contributed by atoms with Gasteiger partial charge in [0, 0.05) is 23.2 Å². The molecule has 0 unspecified atom stereocenters. The van der Waals surface area contributed by atoms with Crippen LogP contribution in [0.1, 0.15) is 0 Å². The summed E-state index contributed by atoms with van der Waals surface area (Å²) < 4.78 is 1.05. The average molecular weight is 269 g/mol. The highest BCUT2D eigenvalue weighted by Crippen LogP contribution is 2.19. The summed E-state index contributed by atoms with van der Waals surface area (Å²) in [6.07, 6.45) is 0. The Bertz CT molecular complexity index is 367. The van der Waals surface area contributed by atoms with Crippen LogP contribution in [0.25, 0.3) is 0 Å². The number of carbonyl (C=O) groups excluding carboxylic acids is 1. The fourth-order valence-electron chi connectivity index (χ4n) is 1.68. The molecule has 1 aromatic carbocycles. The largest absolute Gasteiger partial charge is 0.363 e. The summed E-state index contributed by atoms with van der Waals surface area (Å²) in [6.45, 7) is 2.73.